The van der Waals surface area contributed by atoms with Crippen LogP contribution in [-0.4, -0.2) is 43.8 Å². The third-order valence-electron chi connectivity index (χ3n) is 5.76. The fourth-order valence-electron chi connectivity index (χ4n) is 3.85. The fraction of sp³-hybridized carbons (Fsp3) is 0.440. The van der Waals surface area contributed by atoms with Crippen molar-refractivity contribution in [2.75, 3.05) is 18.5 Å². The van der Waals surface area contributed by atoms with Crippen LogP contribution in [0.2, 0.25) is 0 Å². The second-order valence-electron chi connectivity index (χ2n) is 8.40. The molecule has 0 aromatic heterocycles. The normalized spacial score (nSPS) is 16.8. The lowest BCUT2D eigenvalue weighted by Crippen LogP contribution is -2.45. The van der Waals surface area contributed by atoms with Crippen LogP contribution >= 0.6 is 0 Å². The number of nitrogens with one attached hydrogen (secondary N) is 1. The quantitative estimate of drug-likeness (QED) is 0.428. The van der Waals surface area contributed by atoms with Crippen LogP contribution in [0.25, 0.3) is 0 Å². The number of carbonyl (C=O) groups excluding carboxylic acids is 2. The summed E-state index contributed by atoms with van der Waals surface area (Å²) in [6, 6.07) is 12.9. The van der Waals surface area contributed by atoms with Gasteiger partial charge in [0.2, 0.25) is 15.9 Å². The van der Waals surface area contributed by atoms with Crippen LogP contribution in [0.15, 0.2) is 53.4 Å². The van der Waals surface area contributed by atoms with E-state index in [0.29, 0.717) is 30.8 Å². The van der Waals surface area contributed by atoms with E-state index in [1.807, 2.05) is 13.8 Å². The summed E-state index contributed by atoms with van der Waals surface area (Å²) in [4.78, 5) is 25.0. The Morgan fingerprint density at radius 3 is 2.42 bits per heavy atom. The van der Waals surface area contributed by atoms with Gasteiger partial charge in [-0.2, -0.15) is 4.31 Å². The minimum absolute atomic E-state index is 0.0753. The Balaban J connectivity index is 1.62. The SMILES string of the molecule is CCCCOC(=O)c1ccc(NC(=O)C[C@H]2CCCCN2S(=O)(=O)c2ccc(C)cc2)cc1. The molecule has 1 fully saturated rings. The van der Waals surface area contributed by atoms with Crippen molar-refractivity contribution in [2.24, 2.45) is 0 Å². The van der Waals surface area contributed by atoms with Crippen LogP contribution in [0.3, 0.4) is 0 Å². The molecular formula is C25H32N2O5S. The number of sulfonamides is 1. The van der Waals surface area contributed by atoms with Crippen LogP contribution in [0.4, 0.5) is 5.69 Å². The van der Waals surface area contributed by atoms with E-state index in [1.165, 1.54) is 4.31 Å². The van der Waals surface area contributed by atoms with Crippen LogP contribution in [0, 0.1) is 6.92 Å². The number of carbonyl (C=O) groups is 2. The Morgan fingerprint density at radius 1 is 1.06 bits per heavy atom. The molecule has 0 spiro atoms. The molecule has 178 valence electrons. The maximum absolute atomic E-state index is 13.2. The maximum atomic E-state index is 13.2. The molecule has 1 heterocycles. The molecular weight excluding hydrogens is 440 g/mol. The number of esters is 1. The standard InChI is InChI=1S/C25H32N2O5S/c1-3-4-17-32-25(29)20-10-12-21(13-11-20)26-24(28)18-22-7-5-6-16-27(22)33(30,31)23-14-8-19(2)9-15-23/h8-15,22H,3-7,16-18H2,1-2H3,(H,26,28)/t22-/m1/s1. The van der Waals surface area contributed by atoms with Gasteiger partial charge in [-0.15, -0.1) is 0 Å². The summed E-state index contributed by atoms with van der Waals surface area (Å²) >= 11 is 0. The Morgan fingerprint density at radius 2 is 1.76 bits per heavy atom. The molecule has 0 unspecified atom stereocenters. The minimum Gasteiger partial charge on any atom is -0.462 e. The summed E-state index contributed by atoms with van der Waals surface area (Å²) in [5.41, 5.74) is 1.96. The van der Waals surface area contributed by atoms with Crippen molar-refractivity contribution in [3.05, 3.63) is 59.7 Å². The Kier molecular flexibility index (Phi) is 8.63. The molecule has 1 N–H and O–H groups in total. The second kappa shape index (κ2) is 11.4. The lowest BCUT2D eigenvalue weighted by atomic mass is 10.0. The van der Waals surface area contributed by atoms with Crippen molar-refractivity contribution in [1.29, 1.82) is 0 Å². The van der Waals surface area contributed by atoms with Gasteiger partial charge in [0.25, 0.3) is 0 Å². The highest BCUT2D eigenvalue weighted by molar-refractivity contribution is 7.89. The molecule has 0 radical (unpaired) electrons. The average Bonchev–Trinajstić information content (AvgIpc) is 2.80. The first-order chi connectivity index (χ1) is 15.8. The second-order valence-corrected chi connectivity index (χ2v) is 10.3. The summed E-state index contributed by atoms with van der Waals surface area (Å²) in [5, 5.41) is 2.81. The predicted octanol–water partition coefficient (Wildman–Crippen LogP) is 4.52. The number of hydrogen-bond acceptors (Lipinski definition) is 5. The fourth-order valence-corrected chi connectivity index (χ4v) is 5.54. The zero-order valence-electron chi connectivity index (χ0n) is 19.2. The smallest absolute Gasteiger partial charge is 0.338 e. The number of aryl methyl sites for hydroxylation is 1. The molecule has 2 aromatic carbocycles. The molecule has 1 saturated heterocycles. The molecule has 0 aliphatic carbocycles. The number of nitrogens with zero attached hydrogens (tertiary/aromatic N) is 1. The highest BCUT2D eigenvalue weighted by atomic mass is 32.2. The number of hydrogen-bond donors (Lipinski definition) is 1. The Hall–Kier alpha value is -2.71. The van der Waals surface area contributed by atoms with Crippen molar-refractivity contribution in [3.8, 4) is 0 Å². The molecule has 8 heteroatoms. The molecule has 0 bridgehead atoms. The first-order valence-electron chi connectivity index (χ1n) is 11.5. The van der Waals surface area contributed by atoms with E-state index in [9.17, 15) is 18.0 Å². The maximum Gasteiger partial charge on any atom is 0.338 e. The van der Waals surface area contributed by atoms with Crippen LogP contribution in [0.1, 0.15) is 61.4 Å². The van der Waals surface area contributed by atoms with E-state index in [4.69, 9.17) is 4.74 Å². The van der Waals surface area contributed by atoms with Crippen molar-refractivity contribution < 1.29 is 22.7 Å². The molecule has 2 aromatic rings. The highest BCUT2D eigenvalue weighted by Gasteiger charge is 2.34. The first kappa shape index (κ1) is 24.9. The average molecular weight is 473 g/mol. The molecule has 1 atom stereocenters. The Labute approximate surface area is 196 Å². The molecule has 1 aliphatic heterocycles. The zero-order valence-corrected chi connectivity index (χ0v) is 20.1. The van der Waals surface area contributed by atoms with Gasteiger partial charge in [0.15, 0.2) is 0 Å². The summed E-state index contributed by atoms with van der Waals surface area (Å²) in [7, 11) is -3.67. The summed E-state index contributed by atoms with van der Waals surface area (Å²) < 4.78 is 33.0. The van der Waals surface area contributed by atoms with Crippen molar-refractivity contribution in [2.45, 2.75) is 63.3 Å². The van der Waals surface area contributed by atoms with E-state index >= 15 is 0 Å². The molecule has 3 rings (SSSR count). The lowest BCUT2D eigenvalue weighted by molar-refractivity contribution is -0.117. The first-order valence-corrected chi connectivity index (χ1v) is 12.9. The third kappa shape index (κ3) is 6.65. The van der Waals surface area contributed by atoms with Gasteiger partial charge in [-0.1, -0.05) is 37.5 Å². The van der Waals surface area contributed by atoms with Gasteiger partial charge in [-0.05, 0) is 62.6 Å². The van der Waals surface area contributed by atoms with Gasteiger partial charge in [0.1, 0.15) is 0 Å². The van der Waals surface area contributed by atoms with E-state index < -0.39 is 16.1 Å². The minimum atomic E-state index is -3.67. The molecule has 1 amide bonds. The van der Waals surface area contributed by atoms with E-state index in [2.05, 4.69) is 5.32 Å². The van der Waals surface area contributed by atoms with Crippen molar-refractivity contribution in [3.63, 3.8) is 0 Å². The van der Waals surface area contributed by atoms with Crippen LogP contribution in [0.5, 0.6) is 0 Å². The third-order valence-corrected chi connectivity index (χ3v) is 7.72. The van der Waals surface area contributed by atoms with Gasteiger partial charge in [0, 0.05) is 24.7 Å². The number of ether oxygens (including phenoxy) is 1. The van der Waals surface area contributed by atoms with Gasteiger partial charge in [-0.25, -0.2) is 13.2 Å². The number of anilines is 1. The Bertz CT molecular complexity index is 1050. The number of amides is 1. The van der Waals surface area contributed by atoms with Gasteiger partial charge < -0.3 is 10.1 Å². The van der Waals surface area contributed by atoms with Crippen molar-refractivity contribution >= 4 is 27.6 Å². The largest absolute Gasteiger partial charge is 0.462 e. The molecule has 1 aliphatic rings. The lowest BCUT2D eigenvalue weighted by Gasteiger charge is -2.34. The number of rotatable bonds is 9. The summed E-state index contributed by atoms with van der Waals surface area (Å²) in [5.74, 6) is -0.648. The van der Waals surface area contributed by atoms with E-state index in [-0.39, 0.29) is 23.2 Å². The highest BCUT2D eigenvalue weighted by Crippen LogP contribution is 2.27. The number of piperidine rings is 1. The summed E-state index contributed by atoms with van der Waals surface area (Å²) in [6.07, 6.45) is 4.14. The molecule has 0 saturated carbocycles. The summed E-state index contributed by atoms with van der Waals surface area (Å²) in [6.45, 7) is 4.72. The van der Waals surface area contributed by atoms with E-state index in [0.717, 1.165) is 31.2 Å². The zero-order chi connectivity index (χ0) is 23.8. The van der Waals surface area contributed by atoms with Crippen molar-refractivity contribution in [1.82, 2.24) is 4.31 Å². The predicted molar refractivity (Wildman–Crippen MR) is 128 cm³/mol. The molecule has 7 nitrogen and oxygen atoms in total. The molecule has 33 heavy (non-hydrogen) atoms. The number of unbranched alkanes of at least 4 members (excludes halogenated alkanes) is 1. The van der Waals surface area contributed by atoms with Gasteiger partial charge >= 0.3 is 5.97 Å². The number of benzene rings is 2. The monoisotopic (exact) mass is 472 g/mol. The van der Waals surface area contributed by atoms with Crippen LogP contribution in [-0.2, 0) is 19.6 Å². The van der Waals surface area contributed by atoms with E-state index in [1.54, 1.807) is 48.5 Å². The van der Waals surface area contributed by atoms with Gasteiger partial charge in [0.05, 0.1) is 17.1 Å². The topological polar surface area (TPSA) is 92.8 Å². The van der Waals surface area contributed by atoms with Crippen LogP contribution < -0.4 is 5.32 Å². The van der Waals surface area contributed by atoms with Gasteiger partial charge in [-0.3, -0.25) is 4.79 Å².